The molecule has 0 heterocycles. The van der Waals surface area contributed by atoms with Gasteiger partial charge >= 0.3 is 0 Å². The van der Waals surface area contributed by atoms with Crippen LogP contribution in [-0.4, -0.2) is 32.4 Å². The Labute approximate surface area is 86.7 Å². The van der Waals surface area contributed by atoms with Crippen molar-refractivity contribution in [3.63, 3.8) is 0 Å². The summed E-state index contributed by atoms with van der Waals surface area (Å²) < 4.78 is 3.12. The van der Waals surface area contributed by atoms with Crippen LogP contribution < -0.4 is 4.72 Å². The van der Waals surface area contributed by atoms with Crippen LogP contribution >= 0.6 is 11.9 Å². The zero-order valence-electron chi connectivity index (χ0n) is 8.58. The van der Waals surface area contributed by atoms with Gasteiger partial charge in [0.15, 0.2) is 0 Å². The second kappa shape index (κ2) is 7.48. The largest absolute Gasteiger partial charge is 0.400 e. The van der Waals surface area contributed by atoms with E-state index in [-0.39, 0.29) is 0 Å². The monoisotopic (exact) mass is 199 g/mol. The van der Waals surface area contributed by atoms with Gasteiger partial charge in [-0.1, -0.05) is 35.8 Å². The van der Waals surface area contributed by atoms with Gasteiger partial charge in [-0.15, -0.1) is 0 Å². The van der Waals surface area contributed by atoms with Gasteiger partial charge in [0, 0.05) is 12.4 Å². The van der Waals surface area contributed by atoms with Gasteiger partial charge < -0.3 is 5.11 Å². The quantitative estimate of drug-likeness (QED) is 0.402. The molecule has 1 aliphatic rings. The average molecular weight is 199 g/mol. The van der Waals surface area contributed by atoms with E-state index < -0.39 is 0 Å². The Balaban J connectivity index is 0.000000671. The van der Waals surface area contributed by atoms with Crippen LogP contribution in [0.2, 0.25) is 5.82 Å². The summed E-state index contributed by atoms with van der Waals surface area (Å²) in [5.74, 6) is 0.295. The van der Waals surface area contributed by atoms with Crippen molar-refractivity contribution in [2.45, 2.75) is 30.8 Å². The van der Waals surface area contributed by atoms with Crippen LogP contribution in [0.4, 0.5) is 0 Å². The molecule has 0 saturated carbocycles. The number of hydrogen-bond donors (Lipinski definition) is 2. The Morgan fingerprint density at radius 3 is 2.62 bits per heavy atom. The highest BCUT2D eigenvalue weighted by Crippen LogP contribution is 2.31. The number of nitrogens with one attached hydrogen (secondary N) is 1. The van der Waals surface area contributed by atoms with Crippen LogP contribution in [0, 0.1) is 0 Å². The van der Waals surface area contributed by atoms with Crippen molar-refractivity contribution < 1.29 is 5.11 Å². The highest BCUT2D eigenvalue weighted by atomic mass is 32.2. The van der Waals surface area contributed by atoms with Gasteiger partial charge in [0.05, 0.1) is 7.85 Å². The maximum absolute atomic E-state index is 7.00. The number of aliphatic hydroxyl groups excluding tert-OH is 1. The van der Waals surface area contributed by atoms with Crippen molar-refractivity contribution in [2.24, 2.45) is 0 Å². The molecule has 2 N–H and O–H groups in total. The summed E-state index contributed by atoms with van der Waals surface area (Å²) in [5, 5.41) is 7.64. The van der Waals surface area contributed by atoms with E-state index in [9.17, 15) is 0 Å². The first-order chi connectivity index (χ1) is 6.24. The Kier molecular flexibility index (Phi) is 7.52. The number of aliphatic hydroxyl groups is 1. The molecule has 1 rings (SSSR count). The van der Waals surface area contributed by atoms with Crippen molar-refractivity contribution in [1.29, 1.82) is 0 Å². The summed E-state index contributed by atoms with van der Waals surface area (Å²) >= 11 is 1.79. The van der Waals surface area contributed by atoms with Crippen LogP contribution in [0.25, 0.3) is 0 Å². The minimum absolute atomic E-state index is 0.295. The molecule has 2 atom stereocenters. The molecule has 2 unspecified atom stereocenters. The summed E-state index contributed by atoms with van der Waals surface area (Å²) in [6.45, 7) is 2.16. The third-order valence-corrected chi connectivity index (χ3v) is 3.13. The van der Waals surface area contributed by atoms with E-state index in [1.54, 1.807) is 11.9 Å². The maximum atomic E-state index is 7.00. The average Bonchev–Trinajstić information content (AvgIpc) is 2.14. The standard InChI is InChI=1S/C8H14BNS.CH4O/c1-6-5-7(9)3-4-8(6)11-10-2;1-2/h5,7-8,10H,3-4H2,1-2H3;2H,1H3. The molecule has 0 aromatic carbocycles. The van der Waals surface area contributed by atoms with Gasteiger partial charge in [0.25, 0.3) is 0 Å². The topological polar surface area (TPSA) is 32.3 Å². The summed E-state index contributed by atoms with van der Waals surface area (Å²) in [4.78, 5) is 0. The maximum Gasteiger partial charge on any atom is 0.0755 e. The van der Waals surface area contributed by atoms with Gasteiger partial charge in [-0.2, -0.15) is 0 Å². The molecule has 0 aromatic rings. The fourth-order valence-electron chi connectivity index (χ4n) is 1.39. The van der Waals surface area contributed by atoms with E-state index in [2.05, 4.69) is 17.7 Å². The van der Waals surface area contributed by atoms with Gasteiger partial charge in [-0.3, -0.25) is 4.72 Å². The fourth-order valence-corrected chi connectivity index (χ4v) is 2.20. The molecule has 0 aromatic heterocycles. The van der Waals surface area contributed by atoms with Crippen LogP contribution in [0.3, 0.4) is 0 Å². The summed E-state index contributed by atoms with van der Waals surface area (Å²) in [5.41, 5.74) is 1.42. The molecule has 0 spiro atoms. The highest BCUT2D eigenvalue weighted by Gasteiger charge is 2.17. The van der Waals surface area contributed by atoms with Crippen LogP contribution in [0.15, 0.2) is 11.6 Å². The second-order valence-electron chi connectivity index (χ2n) is 2.96. The molecule has 13 heavy (non-hydrogen) atoms. The zero-order valence-corrected chi connectivity index (χ0v) is 9.40. The number of rotatable bonds is 2. The van der Waals surface area contributed by atoms with Crippen LogP contribution in [0.5, 0.6) is 0 Å². The molecule has 0 fully saturated rings. The first-order valence-electron chi connectivity index (χ1n) is 4.45. The smallest absolute Gasteiger partial charge is 0.0755 e. The Morgan fingerprint density at radius 1 is 1.54 bits per heavy atom. The normalized spacial score (nSPS) is 27.2. The summed E-state index contributed by atoms with van der Waals surface area (Å²) in [7, 11) is 8.74. The van der Waals surface area contributed by atoms with Gasteiger partial charge in [-0.25, -0.2) is 0 Å². The fraction of sp³-hybridized carbons (Fsp3) is 0.778. The lowest BCUT2D eigenvalue weighted by atomic mass is 9.77. The molecule has 0 amide bonds. The number of allylic oxidation sites excluding steroid dienone is 1. The van der Waals surface area contributed by atoms with Crippen LogP contribution in [0.1, 0.15) is 19.8 Å². The SMILES string of the molecule is CO.[B]C1C=C(C)C(SNC)CC1. The van der Waals surface area contributed by atoms with Gasteiger partial charge in [0.1, 0.15) is 0 Å². The molecular weight excluding hydrogens is 181 g/mol. The zero-order chi connectivity index (χ0) is 10.3. The summed E-state index contributed by atoms with van der Waals surface area (Å²) in [6.07, 6.45) is 4.50. The van der Waals surface area contributed by atoms with Crippen molar-refractivity contribution in [2.75, 3.05) is 14.2 Å². The third-order valence-electron chi connectivity index (χ3n) is 2.01. The third kappa shape index (κ3) is 4.74. The van der Waals surface area contributed by atoms with Crippen molar-refractivity contribution in [3.05, 3.63) is 11.6 Å². The summed E-state index contributed by atoms with van der Waals surface area (Å²) in [6, 6.07) is 0. The van der Waals surface area contributed by atoms with Gasteiger partial charge in [0.2, 0.25) is 0 Å². The highest BCUT2D eigenvalue weighted by molar-refractivity contribution is 7.98. The molecular formula is C9H18BNOS. The molecule has 0 saturated heterocycles. The molecule has 0 aliphatic heterocycles. The van der Waals surface area contributed by atoms with Crippen molar-refractivity contribution >= 4 is 19.8 Å². The molecule has 4 heteroatoms. The molecule has 0 bridgehead atoms. The molecule has 2 nitrogen and oxygen atoms in total. The van der Waals surface area contributed by atoms with E-state index in [4.69, 9.17) is 13.0 Å². The van der Waals surface area contributed by atoms with Gasteiger partial charge in [-0.05, 0) is 20.4 Å². The van der Waals surface area contributed by atoms with Crippen molar-refractivity contribution in [1.82, 2.24) is 4.72 Å². The lowest BCUT2D eigenvalue weighted by Crippen LogP contribution is -2.15. The minimum atomic E-state index is 0.295. The predicted molar refractivity (Wildman–Crippen MR) is 61.1 cm³/mol. The molecule has 2 radical (unpaired) electrons. The Hall–Kier alpha value is 0.0749. The Bertz CT molecular complexity index is 164. The van der Waals surface area contributed by atoms with E-state index in [1.165, 1.54) is 12.0 Å². The first-order valence-corrected chi connectivity index (χ1v) is 5.33. The molecule has 74 valence electrons. The molecule has 1 aliphatic carbocycles. The number of hydrogen-bond acceptors (Lipinski definition) is 3. The van der Waals surface area contributed by atoms with E-state index in [0.717, 1.165) is 13.5 Å². The van der Waals surface area contributed by atoms with E-state index in [1.807, 2.05) is 7.05 Å². The van der Waals surface area contributed by atoms with Crippen molar-refractivity contribution in [3.8, 4) is 0 Å². The first kappa shape index (κ1) is 13.1. The lowest BCUT2D eigenvalue weighted by molar-refractivity contribution is 0.399. The van der Waals surface area contributed by atoms with E-state index >= 15 is 0 Å². The van der Waals surface area contributed by atoms with E-state index in [0.29, 0.717) is 11.1 Å². The Morgan fingerprint density at radius 2 is 2.15 bits per heavy atom. The second-order valence-corrected chi connectivity index (χ2v) is 4.18. The van der Waals surface area contributed by atoms with Crippen LogP contribution in [-0.2, 0) is 0 Å². The predicted octanol–water partition coefficient (Wildman–Crippen LogP) is 1.53. The lowest BCUT2D eigenvalue weighted by Gasteiger charge is -2.24. The minimum Gasteiger partial charge on any atom is -0.400 e.